The highest BCUT2D eigenvalue weighted by molar-refractivity contribution is 6.00. The Bertz CT molecular complexity index is 419. The minimum absolute atomic E-state index is 0.0492. The maximum Gasteiger partial charge on any atom is 0.328 e. The van der Waals surface area contributed by atoms with Crippen LogP contribution in [-0.2, 0) is 4.79 Å². The molecule has 3 nitrogen and oxygen atoms in total. The molecule has 1 rings (SSSR count). The number of carbonyl (C=O) groups is 2. The minimum atomic E-state index is -1.02. The van der Waals surface area contributed by atoms with Crippen molar-refractivity contribution in [2.24, 2.45) is 0 Å². The Balaban J connectivity index is 3.00. The average molecular weight is 218 g/mol. The second kappa shape index (κ2) is 5.85. The smallest absolute Gasteiger partial charge is 0.328 e. The molecule has 0 unspecified atom stereocenters. The Hall–Kier alpha value is -1.90. The first-order valence-corrected chi connectivity index (χ1v) is 5.18. The van der Waals surface area contributed by atoms with Crippen LogP contribution in [0.15, 0.2) is 30.3 Å². The number of carboxylic acids is 1. The maximum atomic E-state index is 11.7. The van der Waals surface area contributed by atoms with Crippen LogP contribution >= 0.6 is 0 Å². The number of rotatable bonds is 5. The summed E-state index contributed by atoms with van der Waals surface area (Å²) in [6.45, 7) is 1.94. The van der Waals surface area contributed by atoms with Crippen molar-refractivity contribution in [3.63, 3.8) is 0 Å². The van der Waals surface area contributed by atoms with Gasteiger partial charge in [-0.3, -0.25) is 4.79 Å². The third-order valence-corrected chi connectivity index (χ3v) is 2.14. The number of benzene rings is 1. The van der Waals surface area contributed by atoms with Gasteiger partial charge in [0.2, 0.25) is 0 Å². The molecule has 0 bridgehead atoms. The van der Waals surface area contributed by atoms with Gasteiger partial charge in [-0.15, -0.1) is 0 Å². The van der Waals surface area contributed by atoms with Gasteiger partial charge in [-0.1, -0.05) is 31.2 Å². The van der Waals surface area contributed by atoms with Gasteiger partial charge in [-0.25, -0.2) is 4.79 Å². The average Bonchev–Trinajstić information content (AvgIpc) is 2.27. The number of Topliss-reactive ketones (excluding diaryl/α,β-unsaturated/α-hetero) is 1. The second-order valence-electron chi connectivity index (χ2n) is 3.43. The van der Waals surface area contributed by atoms with Gasteiger partial charge in [0.05, 0.1) is 0 Å². The Morgan fingerprint density at radius 3 is 2.62 bits per heavy atom. The molecule has 0 aliphatic rings. The molecule has 0 heterocycles. The van der Waals surface area contributed by atoms with Crippen molar-refractivity contribution >= 4 is 17.8 Å². The quantitative estimate of drug-likeness (QED) is 0.610. The minimum Gasteiger partial charge on any atom is -0.478 e. The van der Waals surface area contributed by atoms with Crippen molar-refractivity contribution in [1.82, 2.24) is 0 Å². The Morgan fingerprint density at radius 2 is 2.00 bits per heavy atom. The zero-order chi connectivity index (χ0) is 12.0. The van der Waals surface area contributed by atoms with E-state index in [9.17, 15) is 9.59 Å². The highest BCUT2D eigenvalue weighted by Crippen LogP contribution is 2.13. The van der Waals surface area contributed by atoms with E-state index in [1.165, 1.54) is 6.08 Å². The molecule has 16 heavy (non-hydrogen) atoms. The molecule has 0 spiro atoms. The van der Waals surface area contributed by atoms with E-state index in [4.69, 9.17) is 5.11 Å². The molecule has 1 N–H and O–H groups in total. The maximum absolute atomic E-state index is 11.7. The van der Waals surface area contributed by atoms with Crippen molar-refractivity contribution in [3.05, 3.63) is 41.5 Å². The van der Waals surface area contributed by atoms with Crippen molar-refractivity contribution in [2.75, 3.05) is 0 Å². The van der Waals surface area contributed by atoms with Crippen LogP contribution in [0, 0.1) is 0 Å². The zero-order valence-electron chi connectivity index (χ0n) is 9.14. The van der Waals surface area contributed by atoms with Gasteiger partial charge in [0, 0.05) is 18.1 Å². The number of aliphatic carboxylic acids is 1. The molecule has 84 valence electrons. The normalized spacial score (nSPS) is 10.6. The Labute approximate surface area is 94.4 Å². The molecule has 0 aliphatic heterocycles. The summed E-state index contributed by atoms with van der Waals surface area (Å²) >= 11 is 0. The summed E-state index contributed by atoms with van der Waals surface area (Å²) in [6.07, 6.45) is 3.76. The summed E-state index contributed by atoms with van der Waals surface area (Å²) < 4.78 is 0. The molecule has 0 aromatic heterocycles. The highest BCUT2D eigenvalue weighted by atomic mass is 16.4. The van der Waals surface area contributed by atoms with Crippen molar-refractivity contribution in [1.29, 1.82) is 0 Å². The molecule has 3 heteroatoms. The third-order valence-electron chi connectivity index (χ3n) is 2.14. The summed E-state index contributed by atoms with van der Waals surface area (Å²) in [5, 5.41) is 8.54. The molecule has 0 radical (unpaired) electrons. The van der Waals surface area contributed by atoms with E-state index < -0.39 is 5.97 Å². The molecule has 0 aliphatic carbocycles. The first kappa shape index (κ1) is 12.2. The predicted octanol–water partition coefficient (Wildman–Crippen LogP) is 2.77. The molecule has 0 amide bonds. The van der Waals surface area contributed by atoms with Crippen LogP contribution in [0.5, 0.6) is 0 Å². The van der Waals surface area contributed by atoms with Gasteiger partial charge in [0.25, 0.3) is 0 Å². The predicted molar refractivity (Wildman–Crippen MR) is 62.4 cm³/mol. The van der Waals surface area contributed by atoms with Gasteiger partial charge < -0.3 is 5.11 Å². The van der Waals surface area contributed by atoms with Crippen LogP contribution in [0.3, 0.4) is 0 Å². The fourth-order valence-electron chi connectivity index (χ4n) is 1.42. The number of hydrogen-bond donors (Lipinski definition) is 1. The standard InChI is InChI=1S/C13H14O3/c1-2-5-12(14)11-7-4-3-6-10(11)8-9-13(15)16/h3-4,6-9H,2,5H2,1H3,(H,15,16). The van der Waals surface area contributed by atoms with Gasteiger partial charge in [0.1, 0.15) is 0 Å². The lowest BCUT2D eigenvalue weighted by Crippen LogP contribution is -2.00. The van der Waals surface area contributed by atoms with Crippen molar-refractivity contribution in [2.45, 2.75) is 19.8 Å². The fraction of sp³-hybridized carbons (Fsp3) is 0.231. The van der Waals surface area contributed by atoms with E-state index >= 15 is 0 Å². The summed E-state index contributed by atoms with van der Waals surface area (Å²) in [5.41, 5.74) is 1.24. The van der Waals surface area contributed by atoms with Crippen LogP contribution in [-0.4, -0.2) is 16.9 Å². The molecule has 0 saturated heterocycles. The first-order valence-electron chi connectivity index (χ1n) is 5.18. The monoisotopic (exact) mass is 218 g/mol. The second-order valence-corrected chi connectivity index (χ2v) is 3.43. The summed E-state index contributed by atoms with van der Waals surface area (Å²) in [5.74, 6) is -0.967. The topological polar surface area (TPSA) is 54.4 Å². The molecular formula is C13H14O3. The number of carbonyl (C=O) groups excluding carboxylic acids is 1. The fourth-order valence-corrected chi connectivity index (χ4v) is 1.42. The van der Waals surface area contributed by atoms with Crippen LogP contribution in [0.2, 0.25) is 0 Å². The first-order chi connectivity index (χ1) is 7.65. The van der Waals surface area contributed by atoms with E-state index in [1.54, 1.807) is 24.3 Å². The van der Waals surface area contributed by atoms with E-state index in [0.717, 1.165) is 12.5 Å². The van der Waals surface area contributed by atoms with Gasteiger partial charge in [-0.05, 0) is 18.1 Å². The van der Waals surface area contributed by atoms with Crippen LogP contribution in [0.1, 0.15) is 35.7 Å². The summed E-state index contributed by atoms with van der Waals surface area (Å²) in [6, 6.07) is 7.02. The SMILES string of the molecule is CCCC(=O)c1ccccc1C=CC(=O)O. The largest absolute Gasteiger partial charge is 0.478 e. The number of carboxylic acid groups (broad SMARTS) is 1. The van der Waals surface area contributed by atoms with E-state index in [2.05, 4.69) is 0 Å². The molecule has 1 aromatic carbocycles. The van der Waals surface area contributed by atoms with E-state index in [1.807, 2.05) is 6.92 Å². The Kier molecular flexibility index (Phi) is 4.45. The Morgan fingerprint density at radius 1 is 1.31 bits per heavy atom. The van der Waals surface area contributed by atoms with Gasteiger partial charge >= 0.3 is 5.97 Å². The molecular weight excluding hydrogens is 204 g/mol. The number of hydrogen-bond acceptors (Lipinski definition) is 2. The highest BCUT2D eigenvalue weighted by Gasteiger charge is 2.07. The van der Waals surface area contributed by atoms with Crippen LogP contribution < -0.4 is 0 Å². The molecule has 1 aromatic rings. The lowest BCUT2D eigenvalue weighted by molar-refractivity contribution is -0.131. The van der Waals surface area contributed by atoms with Crippen LogP contribution in [0.25, 0.3) is 6.08 Å². The van der Waals surface area contributed by atoms with E-state index in [-0.39, 0.29) is 5.78 Å². The summed E-state index contributed by atoms with van der Waals surface area (Å²) in [4.78, 5) is 22.1. The van der Waals surface area contributed by atoms with Gasteiger partial charge in [0.15, 0.2) is 5.78 Å². The van der Waals surface area contributed by atoms with E-state index in [0.29, 0.717) is 17.5 Å². The van der Waals surface area contributed by atoms with Crippen molar-refractivity contribution in [3.8, 4) is 0 Å². The summed E-state index contributed by atoms with van der Waals surface area (Å²) in [7, 11) is 0. The lowest BCUT2D eigenvalue weighted by atomic mass is 10.0. The molecule has 0 atom stereocenters. The van der Waals surface area contributed by atoms with Crippen molar-refractivity contribution < 1.29 is 14.7 Å². The number of ketones is 1. The molecule has 0 fully saturated rings. The zero-order valence-corrected chi connectivity index (χ0v) is 9.14. The van der Waals surface area contributed by atoms with Crippen LogP contribution in [0.4, 0.5) is 0 Å². The third kappa shape index (κ3) is 3.35. The van der Waals surface area contributed by atoms with Gasteiger partial charge in [-0.2, -0.15) is 0 Å². The molecule has 0 saturated carbocycles. The lowest BCUT2D eigenvalue weighted by Gasteiger charge is -2.03.